The maximum absolute atomic E-state index is 3.70. The van der Waals surface area contributed by atoms with Gasteiger partial charge in [0.2, 0.25) is 0 Å². The number of hydrogen-bond acceptors (Lipinski definition) is 3. The SMILES string of the molecule is CC1(C)c2ccccc2-c2cc(Nc3ccc4c(c3)sc3cc(N(c5ccccc5)c5ccccc5)ccc34)ccc21. The van der Waals surface area contributed by atoms with E-state index in [1.54, 1.807) is 0 Å². The van der Waals surface area contributed by atoms with E-state index in [1.807, 2.05) is 11.3 Å². The molecule has 3 heteroatoms. The van der Waals surface area contributed by atoms with Crippen molar-refractivity contribution in [2.24, 2.45) is 0 Å². The zero-order chi connectivity index (χ0) is 28.3. The number of benzene rings is 6. The summed E-state index contributed by atoms with van der Waals surface area (Å²) in [5.41, 5.74) is 11.2. The minimum atomic E-state index is 0.0237. The molecule has 0 atom stereocenters. The molecule has 7 aromatic rings. The van der Waals surface area contributed by atoms with Crippen LogP contribution in [0.5, 0.6) is 0 Å². The molecule has 6 aromatic carbocycles. The lowest BCUT2D eigenvalue weighted by molar-refractivity contribution is 0.660. The van der Waals surface area contributed by atoms with Crippen LogP contribution < -0.4 is 10.2 Å². The molecule has 202 valence electrons. The Bertz CT molecular complexity index is 2050. The first-order chi connectivity index (χ1) is 20.6. The Morgan fingerprint density at radius 3 is 1.81 bits per heavy atom. The first-order valence-electron chi connectivity index (χ1n) is 14.4. The third-order valence-corrected chi connectivity index (χ3v) is 9.73. The van der Waals surface area contributed by atoms with E-state index in [2.05, 4.69) is 164 Å². The second kappa shape index (κ2) is 9.61. The van der Waals surface area contributed by atoms with E-state index in [0.29, 0.717) is 0 Å². The quantitative estimate of drug-likeness (QED) is 0.226. The number of nitrogens with one attached hydrogen (secondary N) is 1. The van der Waals surface area contributed by atoms with Gasteiger partial charge in [-0.3, -0.25) is 0 Å². The summed E-state index contributed by atoms with van der Waals surface area (Å²) in [6.07, 6.45) is 0. The Hall–Kier alpha value is -4.86. The standard InChI is InChI=1S/C39H30N2S/c1-39(2)35-16-10-9-15-31(35)34-23-26(18-22-36(34)39)40-27-17-20-32-33-21-19-30(25-38(33)42-37(32)24-27)41(28-11-5-3-6-12-28)29-13-7-4-8-14-29/h3-25,40H,1-2H3. The Labute approximate surface area is 250 Å². The van der Waals surface area contributed by atoms with Crippen molar-refractivity contribution in [3.8, 4) is 11.1 Å². The minimum absolute atomic E-state index is 0.0237. The normalized spacial score (nSPS) is 13.2. The van der Waals surface area contributed by atoms with Crippen molar-refractivity contribution in [3.63, 3.8) is 0 Å². The second-order valence-electron chi connectivity index (χ2n) is 11.6. The number of anilines is 5. The molecule has 0 fully saturated rings. The highest BCUT2D eigenvalue weighted by molar-refractivity contribution is 7.25. The van der Waals surface area contributed by atoms with Gasteiger partial charge in [0, 0.05) is 54.0 Å². The van der Waals surface area contributed by atoms with Crippen molar-refractivity contribution in [2.75, 3.05) is 10.2 Å². The fraction of sp³-hybridized carbons (Fsp3) is 0.0769. The van der Waals surface area contributed by atoms with E-state index in [-0.39, 0.29) is 5.41 Å². The van der Waals surface area contributed by atoms with Gasteiger partial charge in [-0.2, -0.15) is 0 Å². The first kappa shape index (κ1) is 24.9. The third kappa shape index (κ3) is 4.00. The van der Waals surface area contributed by atoms with Gasteiger partial charge in [0.1, 0.15) is 0 Å². The predicted molar refractivity (Wildman–Crippen MR) is 181 cm³/mol. The van der Waals surface area contributed by atoms with Gasteiger partial charge in [0.15, 0.2) is 0 Å². The van der Waals surface area contributed by atoms with Crippen molar-refractivity contribution in [1.29, 1.82) is 0 Å². The number of rotatable bonds is 5. The highest BCUT2D eigenvalue weighted by atomic mass is 32.1. The molecule has 1 aliphatic rings. The summed E-state index contributed by atoms with van der Waals surface area (Å²) in [6.45, 7) is 4.65. The molecule has 0 amide bonds. The molecule has 1 heterocycles. The zero-order valence-corrected chi connectivity index (χ0v) is 24.5. The number of nitrogens with zero attached hydrogens (tertiary/aromatic N) is 1. The lowest BCUT2D eigenvalue weighted by atomic mass is 9.82. The van der Waals surface area contributed by atoms with Crippen molar-refractivity contribution in [1.82, 2.24) is 0 Å². The molecule has 0 spiro atoms. The van der Waals surface area contributed by atoms with E-state index < -0.39 is 0 Å². The highest BCUT2D eigenvalue weighted by Crippen LogP contribution is 2.49. The molecule has 0 radical (unpaired) electrons. The number of thiophene rings is 1. The summed E-state index contributed by atoms with van der Waals surface area (Å²) in [5, 5.41) is 6.29. The molecule has 1 N–H and O–H groups in total. The van der Waals surface area contributed by atoms with Crippen molar-refractivity contribution in [3.05, 3.63) is 151 Å². The summed E-state index contributed by atoms with van der Waals surface area (Å²) >= 11 is 1.85. The van der Waals surface area contributed by atoms with Crippen LogP contribution in [-0.2, 0) is 5.41 Å². The maximum atomic E-state index is 3.70. The van der Waals surface area contributed by atoms with Crippen LogP contribution in [0.15, 0.2) is 140 Å². The molecular weight excluding hydrogens is 529 g/mol. The largest absolute Gasteiger partial charge is 0.355 e. The van der Waals surface area contributed by atoms with E-state index in [4.69, 9.17) is 0 Å². The molecule has 42 heavy (non-hydrogen) atoms. The summed E-state index contributed by atoms with van der Waals surface area (Å²) in [7, 11) is 0. The van der Waals surface area contributed by atoms with Crippen molar-refractivity contribution >= 4 is 59.9 Å². The van der Waals surface area contributed by atoms with Crippen LogP contribution in [0.25, 0.3) is 31.3 Å². The lowest BCUT2D eigenvalue weighted by Crippen LogP contribution is -2.14. The average Bonchev–Trinajstić information content (AvgIpc) is 3.49. The summed E-state index contributed by atoms with van der Waals surface area (Å²) in [4.78, 5) is 2.32. The summed E-state index contributed by atoms with van der Waals surface area (Å²) in [6, 6.07) is 50.4. The van der Waals surface area contributed by atoms with E-state index in [1.165, 1.54) is 42.4 Å². The maximum Gasteiger partial charge on any atom is 0.0476 e. The summed E-state index contributed by atoms with van der Waals surface area (Å²) in [5.74, 6) is 0. The topological polar surface area (TPSA) is 15.3 Å². The first-order valence-corrected chi connectivity index (χ1v) is 15.3. The lowest BCUT2D eigenvalue weighted by Gasteiger charge is -2.25. The smallest absolute Gasteiger partial charge is 0.0476 e. The Morgan fingerprint density at radius 2 is 1.07 bits per heavy atom. The number of para-hydroxylation sites is 2. The molecule has 0 unspecified atom stereocenters. The molecule has 0 aliphatic heterocycles. The van der Waals surface area contributed by atoms with Gasteiger partial charge in [-0.15, -0.1) is 11.3 Å². The van der Waals surface area contributed by atoms with E-state index in [9.17, 15) is 0 Å². The second-order valence-corrected chi connectivity index (χ2v) is 12.6. The van der Waals surface area contributed by atoms with Crippen LogP contribution in [-0.4, -0.2) is 0 Å². The Balaban J connectivity index is 1.15. The van der Waals surface area contributed by atoms with Crippen LogP contribution >= 0.6 is 11.3 Å². The van der Waals surface area contributed by atoms with Crippen LogP contribution in [0.2, 0.25) is 0 Å². The Kier molecular flexibility index (Phi) is 5.70. The van der Waals surface area contributed by atoms with Crippen molar-refractivity contribution < 1.29 is 0 Å². The van der Waals surface area contributed by atoms with Crippen LogP contribution in [0.4, 0.5) is 28.4 Å². The van der Waals surface area contributed by atoms with E-state index >= 15 is 0 Å². The van der Waals surface area contributed by atoms with Crippen molar-refractivity contribution in [2.45, 2.75) is 19.3 Å². The molecule has 0 bridgehead atoms. The number of hydrogen-bond donors (Lipinski definition) is 1. The van der Waals surface area contributed by atoms with E-state index in [0.717, 1.165) is 28.4 Å². The van der Waals surface area contributed by atoms with Crippen LogP contribution in [0.3, 0.4) is 0 Å². The molecule has 8 rings (SSSR count). The molecule has 1 aliphatic carbocycles. The van der Waals surface area contributed by atoms with Crippen LogP contribution in [0, 0.1) is 0 Å². The van der Waals surface area contributed by atoms with Gasteiger partial charge in [0.05, 0.1) is 0 Å². The zero-order valence-electron chi connectivity index (χ0n) is 23.6. The average molecular weight is 559 g/mol. The van der Waals surface area contributed by atoms with Crippen LogP contribution in [0.1, 0.15) is 25.0 Å². The van der Waals surface area contributed by atoms with Gasteiger partial charge in [-0.25, -0.2) is 0 Å². The fourth-order valence-corrected chi connectivity index (χ4v) is 7.73. The Morgan fingerprint density at radius 1 is 0.500 bits per heavy atom. The minimum Gasteiger partial charge on any atom is -0.355 e. The molecule has 2 nitrogen and oxygen atoms in total. The molecule has 1 aromatic heterocycles. The third-order valence-electron chi connectivity index (χ3n) is 8.62. The molecule has 0 saturated heterocycles. The van der Waals surface area contributed by atoms with Gasteiger partial charge in [0.25, 0.3) is 0 Å². The van der Waals surface area contributed by atoms with Gasteiger partial charge >= 0.3 is 0 Å². The highest BCUT2D eigenvalue weighted by Gasteiger charge is 2.35. The van der Waals surface area contributed by atoms with Gasteiger partial charge in [-0.05, 0) is 82.9 Å². The molecular formula is C39H30N2S. The monoisotopic (exact) mass is 558 g/mol. The predicted octanol–water partition coefficient (Wildman–Crippen LogP) is 11.6. The molecule has 0 saturated carbocycles. The van der Waals surface area contributed by atoms with Gasteiger partial charge < -0.3 is 10.2 Å². The summed E-state index contributed by atoms with van der Waals surface area (Å²) < 4.78 is 2.57. The fourth-order valence-electron chi connectivity index (χ4n) is 6.55. The number of fused-ring (bicyclic) bond motifs is 6. The van der Waals surface area contributed by atoms with Gasteiger partial charge in [-0.1, -0.05) is 92.7 Å².